The summed E-state index contributed by atoms with van der Waals surface area (Å²) in [6.45, 7) is 2.22. The third kappa shape index (κ3) is 1.51. The molecule has 1 heteroatoms. The van der Waals surface area contributed by atoms with Gasteiger partial charge >= 0.3 is 0 Å². The third-order valence-electron chi connectivity index (χ3n) is 4.23. The van der Waals surface area contributed by atoms with Crippen molar-refractivity contribution in [2.24, 2.45) is 0 Å². The quantitative estimate of drug-likeness (QED) is 0.692. The third-order valence-corrected chi connectivity index (χ3v) is 4.23. The van der Waals surface area contributed by atoms with Crippen LogP contribution < -0.4 is 0 Å². The average molecular weight is 213 g/mol. The highest BCUT2D eigenvalue weighted by Gasteiger charge is 2.33. The van der Waals surface area contributed by atoms with Crippen molar-refractivity contribution in [3.63, 3.8) is 0 Å². The number of hydrogen-bond donors (Lipinski definition) is 0. The molecule has 1 fully saturated rings. The molecule has 2 bridgehead atoms. The Kier molecular flexibility index (Phi) is 2.36. The summed E-state index contributed by atoms with van der Waals surface area (Å²) < 4.78 is 0. The molecule has 2 aliphatic heterocycles. The summed E-state index contributed by atoms with van der Waals surface area (Å²) in [5.74, 6) is 0. The van der Waals surface area contributed by atoms with Gasteiger partial charge in [0.25, 0.3) is 0 Å². The number of fused-ring (bicyclic) bond motifs is 2. The van der Waals surface area contributed by atoms with Gasteiger partial charge in [0, 0.05) is 12.1 Å². The van der Waals surface area contributed by atoms with Crippen LogP contribution in [-0.4, -0.2) is 24.0 Å². The van der Waals surface area contributed by atoms with Crippen LogP contribution in [0.2, 0.25) is 0 Å². The van der Waals surface area contributed by atoms with Crippen LogP contribution in [0.5, 0.6) is 0 Å². The van der Waals surface area contributed by atoms with E-state index in [1.54, 1.807) is 5.57 Å². The minimum absolute atomic E-state index is 0.688. The lowest BCUT2D eigenvalue weighted by Gasteiger charge is -2.30. The predicted octanol–water partition coefficient (Wildman–Crippen LogP) is 3.24. The molecule has 0 aromatic heterocycles. The van der Waals surface area contributed by atoms with Crippen molar-refractivity contribution < 1.29 is 0 Å². The maximum absolute atomic E-state index is 2.54. The van der Waals surface area contributed by atoms with Gasteiger partial charge in [0.2, 0.25) is 0 Å². The fraction of sp³-hybridized carbons (Fsp3) is 0.467. The summed E-state index contributed by atoms with van der Waals surface area (Å²) in [5, 5.41) is 0. The standard InChI is InChI=1S/C15H19N/c1-11-5-3-4-6-15(11)12-9-13-7-8-14(10-12)16(13)2/h3-6,9,13-14H,7-8,10H2,1-2H3. The van der Waals surface area contributed by atoms with E-state index in [1.165, 1.54) is 30.4 Å². The Balaban J connectivity index is 1.98. The minimum Gasteiger partial charge on any atom is -0.297 e. The lowest BCUT2D eigenvalue weighted by Crippen LogP contribution is -2.34. The first-order valence-corrected chi connectivity index (χ1v) is 6.24. The summed E-state index contributed by atoms with van der Waals surface area (Å²) in [6.07, 6.45) is 6.44. The maximum Gasteiger partial charge on any atom is 0.0284 e. The zero-order valence-electron chi connectivity index (χ0n) is 10.1. The first kappa shape index (κ1) is 10.1. The van der Waals surface area contributed by atoms with Crippen molar-refractivity contribution in [1.29, 1.82) is 0 Å². The van der Waals surface area contributed by atoms with Crippen LogP contribution in [0.15, 0.2) is 30.3 Å². The van der Waals surface area contributed by atoms with Gasteiger partial charge in [-0.3, -0.25) is 4.90 Å². The molecule has 0 N–H and O–H groups in total. The summed E-state index contributed by atoms with van der Waals surface area (Å²) in [6, 6.07) is 10.2. The highest BCUT2D eigenvalue weighted by molar-refractivity contribution is 5.70. The number of likely N-dealkylation sites (N-methyl/N-ethyl adjacent to an activating group) is 1. The Morgan fingerprint density at radius 1 is 1.19 bits per heavy atom. The van der Waals surface area contributed by atoms with Gasteiger partial charge in [0.1, 0.15) is 0 Å². The number of benzene rings is 1. The van der Waals surface area contributed by atoms with Crippen molar-refractivity contribution in [3.8, 4) is 0 Å². The second-order valence-corrected chi connectivity index (χ2v) is 5.17. The summed E-state index contributed by atoms with van der Waals surface area (Å²) in [4.78, 5) is 2.54. The van der Waals surface area contributed by atoms with Crippen LogP contribution in [-0.2, 0) is 0 Å². The van der Waals surface area contributed by atoms with E-state index in [4.69, 9.17) is 0 Å². The molecule has 0 amide bonds. The Labute approximate surface area is 97.8 Å². The van der Waals surface area contributed by atoms with E-state index in [2.05, 4.69) is 49.2 Å². The number of aryl methyl sites for hydroxylation is 1. The van der Waals surface area contributed by atoms with Crippen molar-refractivity contribution in [3.05, 3.63) is 41.5 Å². The van der Waals surface area contributed by atoms with Gasteiger partial charge in [0.05, 0.1) is 0 Å². The van der Waals surface area contributed by atoms with Crippen molar-refractivity contribution >= 4 is 5.57 Å². The molecule has 3 rings (SSSR count). The molecule has 0 radical (unpaired) electrons. The highest BCUT2D eigenvalue weighted by atomic mass is 15.2. The second-order valence-electron chi connectivity index (χ2n) is 5.17. The molecule has 2 atom stereocenters. The smallest absolute Gasteiger partial charge is 0.0284 e. The summed E-state index contributed by atoms with van der Waals surface area (Å²) in [5.41, 5.74) is 4.45. The normalized spacial score (nSPS) is 29.2. The molecular formula is C15H19N. The molecule has 0 spiro atoms. The largest absolute Gasteiger partial charge is 0.297 e. The Bertz CT molecular complexity index is 433. The monoisotopic (exact) mass is 213 g/mol. The Morgan fingerprint density at radius 3 is 2.75 bits per heavy atom. The van der Waals surface area contributed by atoms with Gasteiger partial charge in [-0.15, -0.1) is 0 Å². The fourth-order valence-electron chi connectivity index (χ4n) is 3.18. The molecule has 84 valence electrons. The summed E-state index contributed by atoms with van der Waals surface area (Å²) >= 11 is 0. The predicted molar refractivity (Wildman–Crippen MR) is 68.3 cm³/mol. The molecule has 2 aliphatic rings. The van der Waals surface area contributed by atoms with Crippen LogP contribution in [0, 0.1) is 6.92 Å². The van der Waals surface area contributed by atoms with E-state index < -0.39 is 0 Å². The number of rotatable bonds is 1. The van der Waals surface area contributed by atoms with Gasteiger partial charge in [0.15, 0.2) is 0 Å². The van der Waals surface area contributed by atoms with Gasteiger partial charge in [-0.2, -0.15) is 0 Å². The molecule has 1 nitrogen and oxygen atoms in total. The van der Waals surface area contributed by atoms with Gasteiger partial charge in [-0.25, -0.2) is 0 Å². The molecule has 0 aliphatic carbocycles. The number of hydrogen-bond acceptors (Lipinski definition) is 1. The van der Waals surface area contributed by atoms with E-state index in [0.29, 0.717) is 6.04 Å². The average Bonchev–Trinajstić information content (AvgIpc) is 2.53. The molecule has 16 heavy (non-hydrogen) atoms. The second kappa shape index (κ2) is 3.74. The van der Waals surface area contributed by atoms with Gasteiger partial charge in [-0.05, 0) is 49.9 Å². The lowest BCUT2D eigenvalue weighted by molar-refractivity contribution is 0.264. The van der Waals surface area contributed by atoms with E-state index in [0.717, 1.165) is 6.04 Å². The van der Waals surface area contributed by atoms with Crippen molar-refractivity contribution in [2.45, 2.75) is 38.3 Å². The van der Waals surface area contributed by atoms with E-state index >= 15 is 0 Å². The SMILES string of the molecule is Cc1ccccc1C1=CC2CCC(C1)N2C. The molecule has 2 heterocycles. The van der Waals surface area contributed by atoms with E-state index in [1.807, 2.05) is 0 Å². The van der Waals surface area contributed by atoms with Crippen molar-refractivity contribution in [2.75, 3.05) is 7.05 Å². The van der Waals surface area contributed by atoms with Crippen LogP contribution in [0.25, 0.3) is 5.57 Å². The molecule has 1 saturated heterocycles. The number of nitrogens with zero attached hydrogens (tertiary/aromatic N) is 1. The zero-order chi connectivity index (χ0) is 11.1. The van der Waals surface area contributed by atoms with E-state index in [9.17, 15) is 0 Å². The maximum atomic E-state index is 2.54. The lowest BCUT2D eigenvalue weighted by atomic mass is 9.92. The van der Waals surface area contributed by atoms with Crippen molar-refractivity contribution in [1.82, 2.24) is 4.90 Å². The first-order chi connectivity index (χ1) is 7.75. The molecule has 2 unspecified atom stereocenters. The fourth-order valence-corrected chi connectivity index (χ4v) is 3.18. The molecule has 1 aromatic carbocycles. The molecule has 0 saturated carbocycles. The van der Waals surface area contributed by atoms with Crippen LogP contribution in [0.1, 0.15) is 30.4 Å². The zero-order valence-corrected chi connectivity index (χ0v) is 10.1. The Morgan fingerprint density at radius 2 is 2.00 bits per heavy atom. The molecular weight excluding hydrogens is 194 g/mol. The van der Waals surface area contributed by atoms with Gasteiger partial charge < -0.3 is 0 Å². The topological polar surface area (TPSA) is 3.24 Å². The van der Waals surface area contributed by atoms with E-state index in [-0.39, 0.29) is 0 Å². The summed E-state index contributed by atoms with van der Waals surface area (Å²) in [7, 11) is 2.27. The van der Waals surface area contributed by atoms with Gasteiger partial charge in [-0.1, -0.05) is 30.3 Å². The van der Waals surface area contributed by atoms with Crippen LogP contribution >= 0.6 is 0 Å². The molecule has 1 aromatic rings. The van der Waals surface area contributed by atoms with Crippen LogP contribution in [0.4, 0.5) is 0 Å². The Hall–Kier alpha value is -1.08. The minimum atomic E-state index is 0.688. The van der Waals surface area contributed by atoms with Crippen LogP contribution in [0.3, 0.4) is 0 Å². The highest BCUT2D eigenvalue weighted by Crippen LogP contribution is 2.37. The first-order valence-electron chi connectivity index (χ1n) is 6.24.